The Hall–Kier alpha value is 1.16. The predicted octanol–water partition coefficient (Wildman–Crippen LogP) is 3.94. The van der Waals surface area contributed by atoms with Crippen LogP contribution < -0.4 is 5.32 Å². The van der Waals surface area contributed by atoms with Crippen molar-refractivity contribution < 1.29 is 9.90 Å². The fraction of sp³-hybridized carbons (Fsp3) is 0.933. The van der Waals surface area contributed by atoms with Gasteiger partial charge >= 0.3 is 35.5 Å². The zero-order chi connectivity index (χ0) is 13.6. The van der Waals surface area contributed by atoms with Gasteiger partial charge in [0.2, 0.25) is 0 Å². The Morgan fingerprint density at radius 2 is 1.35 bits per heavy atom. The first-order valence-corrected chi connectivity index (χ1v) is 7.64. The third kappa shape index (κ3) is 19.2. The molecule has 0 heterocycles. The minimum absolute atomic E-state index is 0. The summed E-state index contributed by atoms with van der Waals surface area (Å²) < 4.78 is 0. The van der Waals surface area contributed by atoms with Gasteiger partial charge in [-0.05, 0) is 19.9 Å². The first-order valence-electron chi connectivity index (χ1n) is 7.64. The predicted molar refractivity (Wildman–Crippen MR) is 99.5 cm³/mol. The van der Waals surface area contributed by atoms with E-state index in [1.807, 2.05) is 0 Å². The number of hydrogen-bond acceptors (Lipinski definition) is 2. The molecule has 0 rings (SSSR count). The molecule has 0 radical (unpaired) electrons. The Morgan fingerprint density at radius 1 is 0.950 bits per heavy atom. The standard InChI is InChI=1S/C15H31NO2.HI.Na.H/c1-3-4-5-6-7-8-9-10-11-12-13-16-14(2)15(17)18;;;/h14,16H,3-13H2,1-2H3,(H,17,18);1H;;/t14-;;;/m0.../s1. The van der Waals surface area contributed by atoms with Crippen LogP contribution in [-0.2, 0) is 4.79 Å². The molecule has 20 heavy (non-hydrogen) atoms. The molecule has 0 saturated heterocycles. The van der Waals surface area contributed by atoms with Gasteiger partial charge in [-0.1, -0.05) is 64.7 Å². The molecular formula is C15H33INNaO2. The van der Waals surface area contributed by atoms with Crippen molar-refractivity contribution in [3.05, 3.63) is 0 Å². The molecule has 0 unspecified atom stereocenters. The molecule has 0 saturated carbocycles. The number of aliphatic carboxylic acids is 1. The summed E-state index contributed by atoms with van der Waals surface area (Å²) in [4.78, 5) is 10.5. The average molecular weight is 409 g/mol. The van der Waals surface area contributed by atoms with Gasteiger partial charge in [0.25, 0.3) is 0 Å². The van der Waals surface area contributed by atoms with E-state index in [2.05, 4.69) is 12.2 Å². The maximum atomic E-state index is 10.5. The quantitative estimate of drug-likeness (QED) is 0.275. The van der Waals surface area contributed by atoms with E-state index in [1.165, 1.54) is 57.8 Å². The van der Waals surface area contributed by atoms with E-state index in [4.69, 9.17) is 5.11 Å². The molecule has 0 spiro atoms. The summed E-state index contributed by atoms with van der Waals surface area (Å²) in [5, 5.41) is 11.7. The summed E-state index contributed by atoms with van der Waals surface area (Å²) in [7, 11) is 0. The minimum atomic E-state index is -0.762. The Bertz CT molecular complexity index is 206. The van der Waals surface area contributed by atoms with Crippen LogP contribution in [0.1, 0.15) is 78.1 Å². The van der Waals surface area contributed by atoms with Gasteiger partial charge in [0.15, 0.2) is 0 Å². The second kappa shape index (κ2) is 20.2. The summed E-state index contributed by atoms with van der Waals surface area (Å²) >= 11 is 0. The van der Waals surface area contributed by atoms with Gasteiger partial charge in [-0.2, -0.15) is 0 Å². The van der Waals surface area contributed by atoms with Crippen LogP contribution in [0.25, 0.3) is 0 Å². The molecule has 0 bridgehead atoms. The van der Waals surface area contributed by atoms with Gasteiger partial charge in [-0.25, -0.2) is 0 Å². The first kappa shape index (κ1) is 26.1. The molecule has 118 valence electrons. The molecule has 0 aliphatic carbocycles. The molecule has 1 atom stereocenters. The van der Waals surface area contributed by atoms with Crippen molar-refractivity contribution >= 4 is 59.5 Å². The van der Waals surface area contributed by atoms with E-state index in [0.717, 1.165) is 13.0 Å². The van der Waals surface area contributed by atoms with Gasteiger partial charge in [-0.15, -0.1) is 24.0 Å². The van der Waals surface area contributed by atoms with Crippen LogP contribution >= 0.6 is 24.0 Å². The molecule has 0 aliphatic rings. The fourth-order valence-electron chi connectivity index (χ4n) is 2.02. The second-order valence-electron chi connectivity index (χ2n) is 5.20. The van der Waals surface area contributed by atoms with Crippen molar-refractivity contribution in [2.75, 3.05) is 6.54 Å². The van der Waals surface area contributed by atoms with Crippen molar-refractivity contribution in [2.24, 2.45) is 0 Å². The molecule has 0 aromatic heterocycles. The van der Waals surface area contributed by atoms with Crippen molar-refractivity contribution in [2.45, 2.75) is 84.1 Å². The number of unbranched alkanes of at least 4 members (excludes halogenated alkanes) is 9. The third-order valence-corrected chi connectivity index (χ3v) is 3.35. The van der Waals surface area contributed by atoms with Crippen LogP contribution in [0.2, 0.25) is 0 Å². The fourth-order valence-corrected chi connectivity index (χ4v) is 2.02. The van der Waals surface area contributed by atoms with E-state index in [9.17, 15) is 4.79 Å². The number of halogens is 1. The van der Waals surface area contributed by atoms with Crippen molar-refractivity contribution in [1.29, 1.82) is 0 Å². The van der Waals surface area contributed by atoms with Gasteiger partial charge in [0.1, 0.15) is 6.04 Å². The molecule has 0 aromatic rings. The summed E-state index contributed by atoms with van der Waals surface area (Å²) in [5.41, 5.74) is 0. The Kier molecular flexibility index (Phi) is 26.3. The van der Waals surface area contributed by atoms with Gasteiger partial charge in [-0.3, -0.25) is 4.79 Å². The first-order chi connectivity index (χ1) is 8.68. The number of carboxylic acids is 1. The molecule has 5 heteroatoms. The molecule has 3 nitrogen and oxygen atoms in total. The summed E-state index contributed by atoms with van der Waals surface area (Å²) in [6.07, 6.45) is 13.2. The number of carboxylic acid groups (broad SMARTS) is 1. The number of carbonyl (C=O) groups is 1. The topological polar surface area (TPSA) is 49.3 Å². The summed E-state index contributed by atoms with van der Waals surface area (Å²) in [5.74, 6) is -0.762. The maximum absolute atomic E-state index is 10.5. The van der Waals surface area contributed by atoms with Crippen molar-refractivity contribution in [3.8, 4) is 0 Å². The van der Waals surface area contributed by atoms with E-state index >= 15 is 0 Å². The Morgan fingerprint density at radius 3 is 1.75 bits per heavy atom. The van der Waals surface area contributed by atoms with Crippen LogP contribution in [0.5, 0.6) is 0 Å². The number of hydrogen-bond donors (Lipinski definition) is 2. The van der Waals surface area contributed by atoms with Crippen molar-refractivity contribution in [1.82, 2.24) is 5.32 Å². The normalized spacial score (nSPS) is 11.3. The monoisotopic (exact) mass is 409 g/mol. The Labute approximate surface area is 164 Å². The Balaban J connectivity index is -0.00000144. The van der Waals surface area contributed by atoms with Crippen LogP contribution in [-0.4, -0.2) is 53.2 Å². The van der Waals surface area contributed by atoms with E-state index in [1.54, 1.807) is 6.92 Å². The van der Waals surface area contributed by atoms with Crippen LogP contribution in [0, 0.1) is 0 Å². The summed E-state index contributed by atoms with van der Waals surface area (Å²) in [6.45, 7) is 4.77. The average Bonchev–Trinajstić information content (AvgIpc) is 2.35. The molecule has 2 N–H and O–H groups in total. The van der Waals surface area contributed by atoms with Crippen molar-refractivity contribution in [3.63, 3.8) is 0 Å². The number of nitrogens with one attached hydrogen (secondary N) is 1. The third-order valence-electron chi connectivity index (χ3n) is 3.35. The van der Waals surface area contributed by atoms with Crippen LogP contribution in [0.15, 0.2) is 0 Å². The SMILES string of the molecule is CCCCCCCCCCCCN[C@@H](C)C(=O)O.I.[NaH]. The molecule has 0 aromatic carbocycles. The molecule has 0 aliphatic heterocycles. The molecule has 0 amide bonds. The van der Waals surface area contributed by atoms with E-state index in [0.29, 0.717) is 0 Å². The van der Waals surface area contributed by atoms with E-state index in [-0.39, 0.29) is 53.5 Å². The van der Waals surface area contributed by atoms with Gasteiger partial charge in [0, 0.05) is 0 Å². The zero-order valence-corrected chi connectivity index (χ0v) is 14.9. The summed E-state index contributed by atoms with van der Waals surface area (Å²) in [6, 6.07) is -0.413. The molecule has 0 fully saturated rings. The zero-order valence-electron chi connectivity index (χ0n) is 12.6. The van der Waals surface area contributed by atoms with Gasteiger partial charge < -0.3 is 10.4 Å². The van der Waals surface area contributed by atoms with Crippen LogP contribution in [0.4, 0.5) is 0 Å². The molecular weight excluding hydrogens is 376 g/mol. The second-order valence-corrected chi connectivity index (χ2v) is 5.20. The van der Waals surface area contributed by atoms with E-state index < -0.39 is 12.0 Å². The van der Waals surface area contributed by atoms with Gasteiger partial charge in [0.05, 0.1) is 0 Å². The van der Waals surface area contributed by atoms with Crippen LogP contribution in [0.3, 0.4) is 0 Å². The number of rotatable bonds is 13.